The van der Waals surface area contributed by atoms with Crippen LogP contribution in [0.1, 0.15) is 41.1 Å². The molecule has 2 aromatic heterocycles. The molecule has 0 saturated carbocycles. The molecule has 4 aromatic rings. The van der Waals surface area contributed by atoms with E-state index in [9.17, 15) is 19.1 Å². The number of halogens is 1. The number of hydrogen-bond acceptors (Lipinski definition) is 9. The minimum Gasteiger partial charge on any atom is -0.447 e. The predicted octanol–water partition coefficient (Wildman–Crippen LogP) is 4.00. The minimum atomic E-state index is -0.655. The summed E-state index contributed by atoms with van der Waals surface area (Å²) in [5.41, 5.74) is 7.87. The number of amides is 1. The van der Waals surface area contributed by atoms with Crippen molar-refractivity contribution in [2.45, 2.75) is 45.2 Å². The predicted molar refractivity (Wildman–Crippen MR) is 153 cm³/mol. The molecule has 3 N–H and O–H groups in total. The standard InChI is InChI=1S/C22H18FN5O2S.C7H11NO2/c1-12-10-26-21(31-12)15-8-19-16(7-18(15)25)22(30)28(20(27-19)4-5-29)11-13-2-3-14(9-24)17(23)6-13;9-7-8-4-2-1-3-6(8)5-10-7/h2-3,6-8,10,29H,4-5,11,25H2,1H3;6H,1-5H2. The first-order valence-corrected chi connectivity index (χ1v) is 14.1. The molecule has 2 aliphatic heterocycles. The Morgan fingerprint density at radius 2 is 2.10 bits per heavy atom. The molecule has 1 atom stereocenters. The summed E-state index contributed by atoms with van der Waals surface area (Å²) >= 11 is 1.49. The molecule has 0 bridgehead atoms. The number of hydrogen-bond donors (Lipinski definition) is 2. The van der Waals surface area contributed by atoms with Gasteiger partial charge in [0.2, 0.25) is 0 Å². The molecule has 41 heavy (non-hydrogen) atoms. The maximum absolute atomic E-state index is 14.0. The Morgan fingerprint density at radius 1 is 1.27 bits per heavy atom. The van der Waals surface area contributed by atoms with E-state index >= 15 is 0 Å². The van der Waals surface area contributed by atoms with Crippen LogP contribution < -0.4 is 11.3 Å². The number of thiazole rings is 1. The summed E-state index contributed by atoms with van der Waals surface area (Å²) in [6, 6.07) is 9.67. The van der Waals surface area contributed by atoms with E-state index in [-0.39, 0.29) is 36.8 Å². The molecule has 2 fully saturated rings. The van der Waals surface area contributed by atoms with Crippen LogP contribution in [0, 0.1) is 24.1 Å². The van der Waals surface area contributed by atoms with E-state index in [0.29, 0.717) is 46.2 Å². The third kappa shape index (κ3) is 5.91. The average molecular weight is 577 g/mol. The topological polar surface area (TPSA) is 147 Å². The Balaban J connectivity index is 0.000000282. The van der Waals surface area contributed by atoms with Crippen molar-refractivity contribution >= 4 is 34.0 Å². The first kappa shape index (κ1) is 28.2. The highest BCUT2D eigenvalue weighted by molar-refractivity contribution is 7.15. The number of nitrogen functional groups attached to an aromatic ring is 1. The van der Waals surface area contributed by atoms with Crippen LogP contribution in [0.25, 0.3) is 21.5 Å². The zero-order valence-electron chi connectivity index (χ0n) is 22.5. The second-order valence-corrected chi connectivity index (χ2v) is 11.2. The number of aryl methyl sites for hydroxylation is 1. The highest BCUT2D eigenvalue weighted by Gasteiger charge is 2.34. The smallest absolute Gasteiger partial charge is 0.410 e. The molecule has 10 nitrogen and oxygen atoms in total. The van der Waals surface area contributed by atoms with Gasteiger partial charge in [0.15, 0.2) is 0 Å². The zero-order valence-corrected chi connectivity index (χ0v) is 23.3. The van der Waals surface area contributed by atoms with E-state index < -0.39 is 5.82 Å². The number of nitrogens with zero attached hydrogens (tertiary/aromatic N) is 5. The van der Waals surface area contributed by atoms with E-state index in [1.165, 1.54) is 34.5 Å². The van der Waals surface area contributed by atoms with Crippen LogP contribution in [0.15, 0.2) is 41.3 Å². The molecular formula is C29H29FN6O4S. The highest BCUT2D eigenvalue weighted by Crippen LogP contribution is 2.32. The van der Waals surface area contributed by atoms with E-state index in [1.807, 2.05) is 11.8 Å². The first-order valence-electron chi connectivity index (χ1n) is 13.3. The lowest BCUT2D eigenvalue weighted by Gasteiger charge is -2.25. The Morgan fingerprint density at radius 3 is 2.78 bits per heavy atom. The van der Waals surface area contributed by atoms with Crippen LogP contribution in [0.3, 0.4) is 0 Å². The summed E-state index contributed by atoms with van der Waals surface area (Å²) in [6.07, 6.45) is 5.32. The number of carbonyl (C=O) groups is 1. The van der Waals surface area contributed by atoms with Crippen molar-refractivity contribution in [1.82, 2.24) is 19.4 Å². The van der Waals surface area contributed by atoms with E-state index in [0.717, 1.165) is 29.3 Å². The number of fused-ring (bicyclic) bond motifs is 2. The number of aromatic nitrogens is 3. The van der Waals surface area contributed by atoms with Gasteiger partial charge in [-0.1, -0.05) is 6.07 Å². The second kappa shape index (κ2) is 12.0. The van der Waals surface area contributed by atoms with Crippen molar-refractivity contribution in [3.05, 3.63) is 74.5 Å². The van der Waals surface area contributed by atoms with Crippen LogP contribution in [-0.2, 0) is 17.7 Å². The maximum atomic E-state index is 14.0. The fourth-order valence-corrected chi connectivity index (χ4v) is 5.85. The quantitative estimate of drug-likeness (QED) is 0.339. The van der Waals surface area contributed by atoms with E-state index in [2.05, 4.69) is 9.97 Å². The zero-order chi connectivity index (χ0) is 29.1. The number of aliphatic hydroxyl groups is 1. The molecule has 2 saturated heterocycles. The van der Waals surface area contributed by atoms with Gasteiger partial charge in [0, 0.05) is 35.3 Å². The number of aliphatic hydroxyl groups excluding tert-OH is 1. The molecule has 0 radical (unpaired) electrons. The maximum Gasteiger partial charge on any atom is 0.410 e. The summed E-state index contributed by atoms with van der Waals surface area (Å²) in [5, 5.41) is 19.5. The summed E-state index contributed by atoms with van der Waals surface area (Å²) in [4.78, 5) is 36.0. The third-order valence-electron chi connectivity index (χ3n) is 7.15. The molecule has 212 valence electrons. The van der Waals surface area contributed by atoms with Crippen molar-refractivity contribution in [1.29, 1.82) is 5.26 Å². The Labute approximate surface area is 239 Å². The second-order valence-electron chi connectivity index (χ2n) is 9.97. The largest absolute Gasteiger partial charge is 0.447 e. The van der Waals surface area contributed by atoms with Gasteiger partial charge in [-0.15, -0.1) is 11.3 Å². The number of ether oxygens (including phenoxy) is 1. The van der Waals surface area contributed by atoms with Gasteiger partial charge in [-0.3, -0.25) is 9.36 Å². The normalized spacial score (nSPS) is 16.1. The van der Waals surface area contributed by atoms with Gasteiger partial charge in [-0.05, 0) is 56.0 Å². The summed E-state index contributed by atoms with van der Waals surface area (Å²) in [5.74, 6) is -0.283. The van der Waals surface area contributed by atoms with Crippen molar-refractivity contribution in [2.75, 3.05) is 25.5 Å². The van der Waals surface area contributed by atoms with Crippen molar-refractivity contribution < 1.29 is 19.0 Å². The lowest BCUT2D eigenvalue weighted by atomic mass is 10.0. The van der Waals surface area contributed by atoms with Gasteiger partial charge in [0.05, 0.1) is 35.7 Å². The van der Waals surface area contributed by atoms with Gasteiger partial charge < -0.3 is 20.5 Å². The molecule has 0 spiro atoms. The number of piperidine rings is 1. The third-order valence-corrected chi connectivity index (χ3v) is 8.09. The fraction of sp³-hybridized carbons (Fsp3) is 0.345. The monoisotopic (exact) mass is 576 g/mol. The van der Waals surface area contributed by atoms with E-state index in [1.54, 1.807) is 30.5 Å². The number of rotatable bonds is 5. The first-order chi connectivity index (χ1) is 19.8. The van der Waals surface area contributed by atoms with E-state index in [4.69, 9.17) is 15.7 Å². The molecule has 2 aromatic carbocycles. The molecule has 1 unspecified atom stereocenters. The summed E-state index contributed by atoms with van der Waals surface area (Å²) in [6.45, 7) is 3.32. The van der Waals surface area contributed by atoms with Crippen LogP contribution in [0.4, 0.5) is 14.9 Å². The lowest BCUT2D eigenvalue weighted by Crippen LogP contribution is -2.37. The van der Waals surface area contributed by atoms with Crippen molar-refractivity contribution in [3.8, 4) is 16.6 Å². The van der Waals surface area contributed by atoms with Gasteiger partial charge >= 0.3 is 6.09 Å². The average Bonchev–Trinajstić information content (AvgIpc) is 3.57. The fourth-order valence-electron chi connectivity index (χ4n) is 5.04. The van der Waals surface area contributed by atoms with Crippen LogP contribution in [0.5, 0.6) is 0 Å². The van der Waals surface area contributed by atoms with Crippen molar-refractivity contribution in [3.63, 3.8) is 0 Å². The summed E-state index contributed by atoms with van der Waals surface area (Å²) < 4.78 is 20.3. The van der Waals surface area contributed by atoms with Gasteiger partial charge in [0.1, 0.15) is 29.3 Å². The Hall–Kier alpha value is -4.34. The lowest BCUT2D eigenvalue weighted by molar-refractivity contribution is 0.154. The number of nitrogens with two attached hydrogens (primary N) is 1. The molecule has 6 rings (SSSR count). The molecule has 1 amide bonds. The van der Waals surface area contributed by atoms with Crippen molar-refractivity contribution in [2.24, 2.45) is 0 Å². The molecule has 12 heteroatoms. The van der Waals surface area contributed by atoms with Gasteiger partial charge in [-0.25, -0.2) is 19.2 Å². The van der Waals surface area contributed by atoms with Crippen LogP contribution in [-0.4, -0.2) is 56.4 Å². The number of benzene rings is 2. The Bertz CT molecular complexity index is 1710. The SMILES string of the molecule is Cc1cnc(-c2cc3nc(CCO)n(Cc4ccc(C#N)c(F)c4)c(=O)c3cc2N)s1.O=C1OCC2CCCCN12. The number of nitriles is 1. The minimum absolute atomic E-state index is 0.0487. The Kier molecular flexibility index (Phi) is 8.28. The van der Waals surface area contributed by atoms with Gasteiger partial charge in [0.25, 0.3) is 5.56 Å². The molecule has 4 heterocycles. The van der Waals surface area contributed by atoms with Crippen LogP contribution in [0.2, 0.25) is 0 Å². The van der Waals surface area contributed by atoms with Crippen LogP contribution >= 0.6 is 11.3 Å². The number of carbonyl (C=O) groups excluding carboxylic acids is 1. The number of cyclic esters (lactones) is 1. The summed E-state index contributed by atoms with van der Waals surface area (Å²) in [7, 11) is 0. The number of anilines is 1. The molecular weight excluding hydrogens is 547 g/mol. The highest BCUT2D eigenvalue weighted by atomic mass is 32.1. The van der Waals surface area contributed by atoms with Gasteiger partial charge in [-0.2, -0.15) is 5.26 Å². The molecule has 2 aliphatic rings. The molecule has 0 aliphatic carbocycles.